The number of rotatable bonds is 4. The minimum atomic E-state index is -0.356. The second kappa shape index (κ2) is 5.67. The summed E-state index contributed by atoms with van der Waals surface area (Å²) in [5, 5.41) is 3.43. The molecule has 0 spiro atoms. The van der Waals surface area contributed by atoms with Crippen LogP contribution in [0.3, 0.4) is 0 Å². The summed E-state index contributed by atoms with van der Waals surface area (Å²) in [6.07, 6.45) is 5.91. The highest BCUT2D eigenvalue weighted by Gasteiger charge is 2.13. The quantitative estimate of drug-likeness (QED) is 0.699. The van der Waals surface area contributed by atoms with E-state index < -0.39 is 0 Å². The Morgan fingerprint density at radius 3 is 3.18 bits per heavy atom. The number of ether oxygens (including phenoxy) is 1. The molecule has 0 amide bonds. The number of piperidine rings is 1. The maximum Gasteiger partial charge on any atom is 0.277 e. The summed E-state index contributed by atoms with van der Waals surface area (Å²) in [6.45, 7) is 1.61. The zero-order valence-electron chi connectivity index (χ0n) is 9.74. The average molecular weight is 238 g/mol. The Kier molecular flexibility index (Phi) is 3.98. The first kappa shape index (κ1) is 11.9. The molecule has 1 aliphatic heterocycles. The Bertz CT molecular complexity index is 412. The summed E-state index contributed by atoms with van der Waals surface area (Å²) in [7, 11) is 0. The molecule has 17 heavy (non-hydrogen) atoms. The van der Waals surface area contributed by atoms with Gasteiger partial charge < -0.3 is 20.8 Å². The van der Waals surface area contributed by atoms with Crippen LogP contribution in [-0.2, 0) is 0 Å². The van der Waals surface area contributed by atoms with Crippen molar-refractivity contribution in [1.29, 1.82) is 0 Å². The molecule has 0 saturated carbocycles. The van der Waals surface area contributed by atoms with Gasteiger partial charge in [-0.1, -0.05) is 6.42 Å². The third-order valence-corrected chi connectivity index (χ3v) is 2.97. The monoisotopic (exact) mass is 238 g/mol. The van der Waals surface area contributed by atoms with Crippen LogP contribution in [0.1, 0.15) is 25.7 Å². The van der Waals surface area contributed by atoms with E-state index in [0.717, 1.165) is 13.0 Å². The molecule has 1 aromatic heterocycles. The van der Waals surface area contributed by atoms with Crippen molar-refractivity contribution < 1.29 is 4.74 Å². The zero-order chi connectivity index (χ0) is 12.1. The molecule has 0 radical (unpaired) electrons. The molecular weight excluding hydrogens is 220 g/mol. The van der Waals surface area contributed by atoms with E-state index in [-0.39, 0.29) is 17.1 Å². The van der Waals surface area contributed by atoms with Crippen LogP contribution in [0.15, 0.2) is 11.1 Å². The van der Waals surface area contributed by atoms with E-state index in [0.29, 0.717) is 12.6 Å². The van der Waals surface area contributed by atoms with E-state index in [2.05, 4.69) is 15.3 Å². The van der Waals surface area contributed by atoms with E-state index in [9.17, 15) is 4.79 Å². The summed E-state index contributed by atoms with van der Waals surface area (Å²) in [5.41, 5.74) is 5.24. The lowest BCUT2D eigenvalue weighted by molar-refractivity contribution is 0.261. The highest BCUT2D eigenvalue weighted by atomic mass is 16.5. The lowest BCUT2D eigenvalue weighted by atomic mass is 10.0. The van der Waals surface area contributed by atoms with Gasteiger partial charge in [0.1, 0.15) is 0 Å². The van der Waals surface area contributed by atoms with Crippen LogP contribution >= 0.6 is 0 Å². The Balaban J connectivity index is 1.81. The molecule has 1 saturated heterocycles. The lowest BCUT2D eigenvalue weighted by Crippen LogP contribution is -2.35. The van der Waals surface area contributed by atoms with Crippen molar-refractivity contribution in [3.05, 3.63) is 16.7 Å². The van der Waals surface area contributed by atoms with E-state index in [1.54, 1.807) is 0 Å². The molecule has 1 fully saturated rings. The number of nitrogens with zero attached hydrogens (tertiary/aromatic N) is 1. The molecule has 6 nitrogen and oxygen atoms in total. The zero-order valence-corrected chi connectivity index (χ0v) is 9.74. The number of hydrogen-bond acceptors (Lipinski definition) is 5. The molecule has 2 rings (SSSR count). The predicted octanol–water partition coefficient (Wildman–Crippen LogP) is 0.263. The van der Waals surface area contributed by atoms with Crippen molar-refractivity contribution in [3.63, 3.8) is 0 Å². The van der Waals surface area contributed by atoms with Gasteiger partial charge in [-0.15, -0.1) is 0 Å². The van der Waals surface area contributed by atoms with E-state index >= 15 is 0 Å². The number of H-pyrrole nitrogens is 1. The smallest absolute Gasteiger partial charge is 0.277 e. The van der Waals surface area contributed by atoms with Gasteiger partial charge in [-0.05, 0) is 25.8 Å². The summed E-state index contributed by atoms with van der Waals surface area (Å²) in [4.78, 5) is 17.5. The van der Waals surface area contributed by atoms with Crippen molar-refractivity contribution in [3.8, 4) is 5.88 Å². The van der Waals surface area contributed by atoms with Crippen molar-refractivity contribution in [2.24, 2.45) is 0 Å². The van der Waals surface area contributed by atoms with Crippen LogP contribution in [0.25, 0.3) is 0 Å². The Morgan fingerprint density at radius 2 is 2.41 bits per heavy atom. The molecule has 2 heterocycles. The van der Waals surface area contributed by atoms with Gasteiger partial charge in [-0.3, -0.25) is 4.79 Å². The van der Waals surface area contributed by atoms with Gasteiger partial charge in [0, 0.05) is 6.04 Å². The predicted molar refractivity (Wildman–Crippen MR) is 65.0 cm³/mol. The third kappa shape index (κ3) is 3.20. The molecule has 1 atom stereocenters. The van der Waals surface area contributed by atoms with Crippen LogP contribution in [0.2, 0.25) is 0 Å². The number of nitrogens with one attached hydrogen (secondary N) is 2. The molecule has 1 aromatic rings. The first-order valence-corrected chi connectivity index (χ1v) is 5.96. The van der Waals surface area contributed by atoms with Crippen molar-refractivity contribution >= 4 is 5.69 Å². The van der Waals surface area contributed by atoms with Gasteiger partial charge in [-0.2, -0.15) is 0 Å². The van der Waals surface area contributed by atoms with Crippen LogP contribution in [0.4, 0.5) is 5.69 Å². The van der Waals surface area contributed by atoms with Crippen molar-refractivity contribution in [2.45, 2.75) is 31.7 Å². The average Bonchev–Trinajstić information content (AvgIpc) is 2.36. The second-order valence-corrected chi connectivity index (χ2v) is 4.23. The third-order valence-electron chi connectivity index (χ3n) is 2.97. The fourth-order valence-electron chi connectivity index (χ4n) is 1.98. The summed E-state index contributed by atoms with van der Waals surface area (Å²) in [5.74, 6) is 0.226. The standard InChI is InChI=1S/C11H18N4O2/c12-9-10(16)14-7-15-11(9)17-6-4-8-3-1-2-5-13-8/h7-8,13H,1-6,12H2,(H,14,15,16). The van der Waals surface area contributed by atoms with E-state index in [1.165, 1.54) is 25.6 Å². The minimum Gasteiger partial charge on any atom is -0.476 e. The van der Waals surface area contributed by atoms with Crippen molar-refractivity contribution in [2.75, 3.05) is 18.9 Å². The molecule has 94 valence electrons. The number of nitrogens with two attached hydrogens (primary N) is 1. The number of aromatic nitrogens is 2. The van der Waals surface area contributed by atoms with Gasteiger partial charge in [0.2, 0.25) is 5.88 Å². The second-order valence-electron chi connectivity index (χ2n) is 4.23. The SMILES string of the molecule is Nc1c(OCCC2CCCCN2)nc[nH]c1=O. The number of anilines is 1. The Hall–Kier alpha value is -1.56. The molecule has 1 unspecified atom stereocenters. The minimum absolute atomic E-state index is 0.0455. The fraction of sp³-hybridized carbons (Fsp3) is 0.636. The molecule has 0 bridgehead atoms. The first-order valence-electron chi connectivity index (χ1n) is 5.96. The van der Waals surface area contributed by atoms with Crippen LogP contribution in [0.5, 0.6) is 5.88 Å². The molecule has 6 heteroatoms. The van der Waals surface area contributed by atoms with Gasteiger partial charge >= 0.3 is 0 Å². The topological polar surface area (TPSA) is 93.0 Å². The number of aromatic amines is 1. The maximum absolute atomic E-state index is 11.2. The summed E-state index contributed by atoms with van der Waals surface area (Å²) in [6, 6.07) is 0.506. The number of hydrogen-bond donors (Lipinski definition) is 3. The fourth-order valence-corrected chi connectivity index (χ4v) is 1.98. The van der Waals surface area contributed by atoms with Gasteiger partial charge in [-0.25, -0.2) is 4.98 Å². The molecule has 0 aromatic carbocycles. The van der Waals surface area contributed by atoms with E-state index in [1.807, 2.05) is 0 Å². The molecular formula is C11H18N4O2. The van der Waals surface area contributed by atoms with Gasteiger partial charge in [0.05, 0.1) is 12.9 Å². The summed E-state index contributed by atoms with van der Waals surface area (Å²) >= 11 is 0. The molecule has 4 N–H and O–H groups in total. The lowest BCUT2D eigenvalue weighted by Gasteiger charge is -2.23. The molecule has 0 aliphatic carbocycles. The highest BCUT2D eigenvalue weighted by molar-refractivity contribution is 5.44. The van der Waals surface area contributed by atoms with Crippen LogP contribution < -0.4 is 21.3 Å². The first-order chi connectivity index (χ1) is 8.27. The highest BCUT2D eigenvalue weighted by Crippen LogP contribution is 2.13. The largest absolute Gasteiger partial charge is 0.476 e. The van der Waals surface area contributed by atoms with Gasteiger partial charge in [0.15, 0.2) is 5.69 Å². The van der Waals surface area contributed by atoms with Crippen LogP contribution in [-0.4, -0.2) is 29.2 Å². The van der Waals surface area contributed by atoms with Crippen LogP contribution in [0, 0.1) is 0 Å². The summed E-state index contributed by atoms with van der Waals surface area (Å²) < 4.78 is 5.42. The molecule has 1 aliphatic rings. The maximum atomic E-state index is 11.2. The van der Waals surface area contributed by atoms with E-state index in [4.69, 9.17) is 10.5 Å². The Labute approximate surface area is 99.6 Å². The number of nitrogen functional groups attached to an aromatic ring is 1. The van der Waals surface area contributed by atoms with Gasteiger partial charge in [0.25, 0.3) is 5.56 Å². The Morgan fingerprint density at radius 1 is 1.53 bits per heavy atom. The van der Waals surface area contributed by atoms with Crippen molar-refractivity contribution in [1.82, 2.24) is 15.3 Å². The normalized spacial score (nSPS) is 20.1.